The zero-order valence-electron chi connectivity index (χ0n) is 13.1. The number of rotatable bonds is 9. The molecule has 0 aliphatic heterocycles. The number of aliphatic carboxylic acids is 1. The normalized spacial score (nSPS) is 11.1. The van der Waals surface area contributed by atoms with Crippen molar-refractivity contribution in [1.82, 2.24) is 9.47 Å². The molecule has 0 amide bonds. The van der Waals surface area contributed by atoms with Gasteiger partial charge in [-0.25, -0.2) is 0 Å². The first-order valence-electron chi connectivity index (χ1n) is 7.44. The second kappa shape index (κ2) is 8.55. The molecule has 1 rings (SSSR count). The summed E-state index contributed by atoms with van der Waals surface area (Å²) >= 11 is 0. The van der Waals surface area contributed by atoms with Crippen LogP contribution in [0.3, 0.4) is 0 Å². The summed E-state index contributed by atoms with van der Waals surface area (Å²) in [5.41, 5.74) is 0.279. The Balaban J connectivity index is 3.20. The Morgan fingerprint density at radius 3 is 2.45 bits per heavy atom. The average Bonchev–Trinajstić information content (AvgIpc) is 2.49. The van der Waals surface area contributed by atoms with Gasteiger partial charge in [0.2, 0.25) is 5.43 Å². The second-order valence-electron chi connectivity index (χ2n) is 5.06. The molecular formula is C15H24N2O5. The number of aromatic nitrogens is 1. The molecule has 0 aromatic carbocycles. The minimum absolute atomic E-state index is 0.0114. The van der Waals surface area contributed by atoms with Gasteiger partial charge in [-0.3, -0.25) is 14.5 Å². The monoisotopic (exact) mass is 312 g/mol. The quantitative estimate of drug-likeness (QED) is 0.622. The Morgan fingerprint density at radius 1 is 1.32 bits per heavy atom. The van der Waals surface area contributed by atoms with E-state index in [4.69, 9.17) is 5.11 Å². The number of aliphatic hydroxyl groups is 1. The molecule has 0 aliphatic rings. The van der Waals surface area contributed by atoms with Crippen LogP contribution >= 0.6 is 0 Å². The van der Waals surface area contributed by atoms with Gasteiger partial charge in [-0.15, -0.1) is 0 Å². The van der Waals surface area contributed by atoms with Gasteiger partial charge < -0.3 is 19.9 Å². The highest BCUT2D eigenvalue weighted by Crippen LogP contribution is 2.18. The predicted molar refractivity (Wildman–Crippen MR) is 81.8 cm³/mol. The van der Waals surface area contributed by atoms with E-state index in [1.165, 1.54) is 6.07 Å². The Labute approximate surface area is 129 Å². The molecule has 0 aliphatic carbocycles. The molecule has 0 spiro atoms. The molecule has 7 nitrogen and oxygen atoms in total. The highest BCUT2D eigenvalue weighted by molar-refractivity contribution is 5.66. The lowest BCUT2D eigenvalue weighted by Crippen LogP contribution is -2.27. The lowest BCUT2D eigenvalue weighted by Gasteiger charge is -2.24. The lowest BCUT2D eigenvalue weighted by molar-refractivity contribution is -0.137. The number of carboxylic acid groups (broad SMARTS) is 1. The number of aromatic hydroxyl groups is 1. The maximum absolute atomic E-state index is 11.8. The van der Waals surface area contributed by atoms with Gasteiger partial charge in [-0.05, 0) is 19.5 Å². The molecule has 1 aromatic rings. The summed E-state index contributed by atoms with van der Waals surface area (Å²) in [7, 11) is 0. The molecule has 1 aromatic heterocycles. The van der Waals surface area contributed by atoms with Crippen molar-refractivity contribution >= 4 is 5.97 Å². The molecule has 7 heteroatoms. The minimum Gasteiger partial charge on any atom is -0.503 e. The third-order valence-electron chi connectivity index (χ3n) is 3.68. The van der Waals surface area contributed by atoms with Crippen molar-refractivity contribution in [3.63, 3.8) is 0 Å². The second-order valence-corrected chi connectivity index (χ2v) is 5.06. The first kappa shape index (κ1) is 18.2. The fraction of sp³-hybridized carbons (Fsp3) is 0.600. The van der Waals surface area contributed by atoms with E-state index in [9.17, 15) is 19.8 Å². The maximum atomic E-state index is 11.8. The molecule has 0 bridgehead atoms. The highest BCUT2D eigenvalue weighted by atomic mass is 16.4. The SMILES string of the molecule is CCN(CC)Cc1c(O)c(=O)cc(CO)n1CCCC(=O)O. The number of aliphatic hydroxyl groups excluding tert-OH is 1. The van der Waals surface area contributed by atoms with Crippen LogP contribution in [0.1, 0.15) is 38.1 Å². The molecule has 0 radical (unpaired) electrons. The van der Waals surface area contributed by atoms with Crippen molar-refractivity contribution in [2.45, 2.75) is 46.4 Å². The fourth-order valence-electron chi connectivity index (χ4n) is 2.36. The number of hydrogen-bond donors (Lipinski definition) is 3. The summed E-state index contributed by atoms with van der Waals surface area (Å²) in [6.07, 6.45) is 0.346. The van der Waals surface area contributed by atoms with Crippen molar-refractivity contribution in [1.29, 1.82) is 0 Å². The molecule has 0 saturated carbocycles. The molecule has 22 heavy (non-hydrogen) atoms. The van der Waals surface area contributed by atoms with Gasteiger partial charge in [0.15, 0.2) is 5.75 Å². The zero-order chi connectivity index (χ0) is 16.7. The smallest absolute Gasteiger partial charge is 0.303 e. The van der Waals surface area contributed by atoms with Crippen molar-refractivity contribution in [3.05, 3.63) is 27.7 Å². The van der Waals surface area contributed by atoms with Crippen LogP contribution < -0.4 is 5.43 Å². The average molecular weight is 312 g/mol. The van der Waals surface area contributed by atoms with Crippen molar-refractivity contribution in [2.75, 3.05) is 13.1 Å². The first-order valence-corrected chi connectivity index (χ1v) is 7.44. The first-order chi connectivity index (χ1) is 10.4. The lowest BCUT2D eigenvalue weighted by atomic mass is 10.2. The predicted octanol–water partition coefficient (Wildman–Crippen LogP) is 0.753. The van der Waals surface area contributed by atoms with Gasteiger partial charge in [0.05, 0.1) is 12.3 Å². The number of pyridine rings is 1. The summed E-state index contributed by atoms with van der Waals surface area (Å²) in [5, 5.41) is 28.3. The van der Waals surface area contributed by atoms with Crippen LogP contribution in [0.25, 0.3) is 0 Å². The van der Waals surface area contributed by atoms with Gasteiger partial charge in [-0.2, -0.15) is 0 Å². The number of nitrogens with zero attached hydrogens (tertiary/aromatic N) is 2. The number of hydrogen-bond acceptors (Lipinski definition) is 5. The zero-order valence-corrected chi connectivity index (χ0v) is 13.1. The van der Waals surface area contributed by atoms with Crippen LogP contribution in [0, 0.1) is 0 Å². The summed E-state index contributed by atoms with van der Waals surface area (Å²) in [4.78, 5) is 24.5. The van der Waals surface area contributed by atoms with Crippen molar-refractivity contribution in [3.8, 4) is 5.75 Å². The van der Waals surface area contributed by atoms with E-state index >= 15 is 0 Å². The molecule has 0 unspecified atom stereocenters. The Hall–Kier alpha value is -1.86. The van der Waals surface area contributed by atoms with Crippen LogP contribution in [0.2, 0.25) is 0 Å². The summed E-state index contributed by atoms with van der Waals surface area (Å²) in [6, 6.07) is 1.20. The van der Waals surface area contributed by atoms with Crippen LogP contribution in [0.5, 0.6) is 5.75 Å². The minimum atomic E-state index is -0.902. The standard InChI is InChI=1S/C15H24N2O5/c1-3-16(4-2)9-12-15(22)13(19)8-11(10-18)17(12)7-5-6-14(20)21/h8,18,22H,3-7,9-10H2,1-2H3,(H,20,21). The summed E-state index contributed by atoms with van der Waals surface area (Å²) in [6.45, 7) is 5.81. The fourth-order valence-corrected chi connectivity index (χ4v) is 2.36. The van der Waals surface area contributed by atoms with Crippen LogP contribution in [0.4, 0.5) is 0 Å². The van der Waals surface area contributed by atoms with Crippen LogP contribution in [0.15, 0.2) is 10.9 Å². The van der Waals surface area contributed by atoms with Crippen molar-refractivity contribution < 1.29 is 20.1 Å². The topological polar surface area (TPSA) is 103 Å². The van der Waals surface area contributed by atoms with E-state index in [0.717, 1.165) is 13.1 Å². The van der Waals surface area contributed by atoms with Gasteiger partial charge in [0, 0.05) is 31.3 Å². The molecule has 124 valence electrons. The molecule has 3 N–H and O–H groups in total. The van der Waals surface area contributed by atoms with E-state index in [0.29, 0.717) is 30.9 Å². The van der Waals surface area contributed by atoms with E-state index in [1.54, 1.807) is 4.57 Å². The van der Waals surface area contributed by atoms with E-state index in [2.05, 4.69) is 0 Å². The summed E-state index contributed by atoms with van der Waals surface area (Å²) in [5.74, 6) is -1.24. The molecule has 1 heterocycles. The molecule has 0 fully saturated rings. The third-order valence-corrected chi connectivity index (χ3v) is 3.68. The van der Waals surface area contributed by atoms with E-state index < -0.39 is 11.4 Å². The van der Waals surface area contributed by atoms with Gasteiger partial charge in [-0.1, -0.05) is 13.8 Å². The Morgan fingerprint density at radius 2 is 1.95 bits per heavy atom. The Kier molecular flexibility index (Phi) is 7.07. The maximum Gasteiger partial charge on any atom is 0.303 e. The van der Waals surface area contributed by atoms with E-state index in [1.807, 2.05) is 18.7 Å². The van der Waals surface area contributed by atoms with E-state index in [-0.39, 0.29) is 18.8 Å². The summed E-state index contributed by atoms with van der Waals surface area (Å²) < 4.78 is 1.65. The van der Waals surface area contributed by atoms with Crippen LogP contribution in [-0.4, -0.2) is 43.8 Å². The van der Waals surface area contributed by atoms with Crippen LogP contribution in [-0.2, 0) is 24.5 Å². The number of carboxylic acids is 1. The molecular weight excluding hydrogens is 288 g/mol. The Bertz CT molecular complexity index is 564. The van der Waals surface area contributed by atoms with Gasteiger partial charge in [0.1, 0.15) is 0 Å². The largest absolute Gasteiger partial charge is 0.503 e. The van der Waals surface area contributed by atoms with Gasteiger partial charge >= 0.3 is 5.97 Å². The molecule has 0 atom stereocenters. The van der Waals surface area contributed by atoms with Gasteiger partial charge in [0.25, 0.3) is 0 Å². The van der Waals surface area contributed by atoms with Crippen molar-refractivity contribution in [2.24, 2.45) is 0 Å². The molecule has 0 saturated heterocycles. The number of carbonyl (C=O) groups is 1. The highest BCUT2D eigenvalue weighted by Gasteiger charge is 2.16. The third kappa shape index (κ3) is 4.57.